The molecule has 1 rings (SSSR count). The molecule has 0 aliphatic rings. The summed E-state index contributed by atoms with van der Waals surface area (Å²) in [6.07, 6.45) is 6.05. The molecule has 0 fully saturated rings. The third-order valence-corrected chi connectivity index (χ3v) is 4.96. The zero-order valence-electron chi connectivity index (χ0n) is 11.7. The van der Waals surface area contributed by atoms with Crippen molar-refractivity contribution in [1.29, 1.82) is 0 Å². The number of hydrogen-bond acceptors (Lipinski definition) is 3. The summed E-state index contributed by atoms with van der Waals surface area (Å²) in [4.78, 5) is 3.86. The van der Waals surface area contributed by atoms with Crippen molar-refractivity contribution in [2.24, 2.45) is 7.05 Å². The van der Waals surface area contributed by atoms with E-state index in [1.165, 1.54) is 10.9 Å². The van der Waals surface area contributed by atoms with Crippen molar-refractivity contribution in [2.75, 3.05) is 0 Å². The van der Waals surface area contributed by atoms with Crippen molar-refractivity contribution in [3.05, 3.63) is 11.5 Å². The van der Waals surface area contributed by atoms with Crippen LogP contribution in [0.3, 0.4) is 0 Å². The van der Waals surface area contributed by atoms with E-state index >= 15 is 0 Å². The van der Waals surface area contributed by atoms with Gasteiger partial charge >= 0.3 is 0 Å². The lowest BCUT2D eigenvalue weighted by Crippen LogP contribution is -2.35. The SMILES string of the molecule is CCCCC(CCC)NS(=O)(=O)c1ncn(C)c1Cl. The molecule has 0 aliphatic heterocycles. The van der Waals surface area contributed by atoms with Crippen LogP contribution in [0.5, 0.6) is 0 Å². The van der Waals surface area contributed by atoms with Gasteiger partial charge in [0.2, 0.25) is 5.03 Å². The summed E-state index contributed by atoms with van der Waals surface area (Å²) in [5, 5.41) is 0.0486. The molecule has 1 N–H and O–H groups in total. The molecule has 1 aromatic heterocycles. The molecule has 0 aliphatic carbocycles. The van der Waals surface area contributed by atoms with Crippen LogP contribution in [-0.4, -0.2) is 24.0 Å². The van der Waals surface area contributed by atoms with Crippen LogP contribution in [0.25, 0.3) is 0 Å². The molecule has 5 nitrogen and oxygen atoms in total. The van der Waals surface area contributed by atoms with Gasteiger partial charge < -0.3 is 4.57 Å². The van der Waals surface area contributed by atoms with Crippen LogP contribution in [0.2, 0.25) is 5.15 Å². The number of nitrogens with one attached hydrogen (secondary N) is 1. The van der Waals surface area contributed by atoms with Gasteiger partial charge in [0.05, 0.1) is 6.33 Å². The molecule has 0 amide bonds. The third-order valence-electron chi connectivity index (χ3n) is 2.95. The minimum atomic E-state index is -3.64. The highest BCUT2D eigenvalue weighted by Gasteiger charge is 2.25. The molecule has 1 atom stereocenters. The summed E-state index contributed by atoms with van der Waals surface area (Å²) in [6.45, 7) is 4.13. The monoisotopic (exact) mass is 307 g/mol. The summed E-state index contributed by atoms with van der Waals surface area (Å²) in [7, 11) is -1.97. The highest BCUT2D eigenvalue weighted by molar-refractivity contribution is 7.89. The lowest BCUT2D eigenvalue weighted by atomic mass is 10.1. The van der Waals surface area contributed by atoms with Gasteiger partial charge in [-0.15, -0.1) is 0 Å². The Labute approximate surface area is 120 Å². The number of rotatable bonds is 8. The van der Waals surface area contributed by atoms with E-state index in [0.29, 0.717) is 0 Å². The maximum absolute atomic E-state index is 12.2. The Morgan fingerprint density at radius 1 is 1.37 bits per heavy atom. The number of imidazole rings is 1. The van der Waals surface area contributed by atoms with Gasteiger partial charge in [-0.3, -0.25) is 0 Å². The van der Waals surface area contributed by atoms with E-state index in [2.05, 4.69) is 16.6 Å². The Morgan fingerprint density at radius 3 is 2.53 bits per heavy atom. The number of hydrogen-bond donors (Lipinski definition) is 1. The molecule has 7 heteroatoms. The first-order valence-electron chi connectivity index (χ1n) is 6.61. The predicted octanol–water partition coefficient (Wildman–Crippen LogP) is 2.71. The number of aryl methyl sites for hydroxylation is 1. The van der Waals surface area contributed by atoms with Crippen molar-refractivity contribution in [3.63, 3.8) is 0 Å². The fraction of sp³-hybridized carbons (Fsp3) is 0.750. The number of aromatic nitrogens is 2. The van der Waals surface area contributed by atoms with E-state index in [4.69, 9.17) is 11.6 Å². The quantitative estimate of drug-likeness (QED) is 0.803. The minimum absolute atomic E-state index is 0.0481. The van der Waals surface area contributed by atoms with Crippen LogP contribution in [0.15, 0.2) is 11.4 Å². The van der Waals surface area contributed by atoms with E-state index < -0.39 is 10.0 Å². The average Bonchev–Trinajstić information content (AvgIpc) is 2.67. The molecular weight excluding hydrogens is 286 g/mol. The van der Waals surface area contributed by atoms with E-state index in [1.807, 2.05) is 6.92 Å². The van der Waals surface area contributed by atoms with Crippen molar-refractivity contribution in [3.8, 4) is 0 Å². The first-order chi connectivity index (χ1) is 8.92. The number of unbranched alkanes of at least 4 members (excludes halogenated alkanes) is 1. The first kappa shape index (κ1) is 16.5. The van der Waals surface area contributed by atoms with Crippen LogP contribution in [0, 0.1) is 0 Å². The molecular formula is C12H22ClN3O2S. The Kier molecular flexibility index (Phi) is 6.29. The summed E-state index contributed by atoms with van der Waals surface area (Å²) in [5.74, 6) is 0. The van der Waals surface area contributed by atoms with E-state index in [0.717, 1.165) is 32.1 Å². The van der Waals surface area contributed by atoms with Crippen molar-refractivity contribution < 1.29 is 8.42 Å². The fourth-order valence-electron chi connectivity index (χ4n) is 1.91. The van der Waals surface area contributed by atoms with Crippen LogP contribution in [-0.2, 0) is 17.1 Å². The van der Waals surface area contributed by atoms with Gasteiger partial charge in [0.15, 0.2) is 0 Å². The molecule has 0 radical (unpaired) electrons. The molecule has 1 unspecified atom stereocenters. The van der Waals surface area contributed by atoms with Gasteiger partial charge in [0.1, 0.15) is 5.15 Å². The molecule has 0 spiro atoms. The standard InChI is InChI=1S/C12H22ClN3O2S/c1-4-6-8-10(7-5-2)15-19(17,18)12-11(13)16(3)9-14-12/h9-10,15H,4-8H2,1-3H3. The fourth-order valence-corrected chi connectivity index (χ4v) is 3.65. The Morgan fingerprint density at radius 2 is 2.05 bits per heavy atom. The van der Waals surface area contributed by atoms with Crippen molar-refractivity contribution in [1.82, 2.24) is 14.3 Å². The summed E-state index contributed by atoms with van der Waals surface area (Å²) >= 11 is 5.94. The van der Waals surface area contributed by atoms with Gasteiger partial charge in [-0.25, -0.2) is 18.1 Å². The first-order valence-corrected chi connectivity index (χ1v) is 8.47. The number of nitrogens with zero attached hydrogens (tertiary/aromatic N) is 2. The van der Waals surface area contributed by atoms with Crippen LogP contribution < -0.4 is 4.72 Å². The highest BCUT2D eigenvalue weighted by Crippen LogP contribution is 2.20. The average molecular weight is 308 g/mol. The normalized spacial score (nSPS) is 13.7. The third kappa shape index (κ3) is 4.47. The molecule has 19 heavy (non-hydrogen) atoms. The lowest BCUT2D eigenvalue weighted by Gasteiger charge is -2.17. The van der Waals surface area contributed by atoms with Gasteiger partial charge in [-0.1, -0.05) is 44.7 Å². The molecule has 0 saturated heterocycles. The van der Waals surface area contributed by atoms with Crippen LogP contribution in [0.4, 0.5) is 0 Å². The van der Waals surface area contributed by atoms with E-state index in [9.17, 15) is 8.42 Å². The Bertz CT molecular complexity index is 499. The second kappa shape index (κ2) is 7.26. The zero-order valence-corrected chi connectivity index (χ0v) is 13.3. The molecule has 110 valence electrons. The number of sulfonamides is 1. The Hall–Kier alpha value is -0.590. The predicted molar refractivity (Wildman–Crippen MR) is 76.8 cm³/mol. The highest BCUT2D eigenvalue weighted by atomic mass is 35.5. The van der Waals surface area contributed by atoms with Gasteiger partial charge in [0.25, 0.3) is 10.0 Å². The van der Waals surface area contributed by atoms with Crippen molar-refractivity contribution in [2.45, 2.75) is 57.0 Å². The lowest BCUT2D eigenvalue weighted by molar-refractivity contribution is 0.482. The summed E-state index contributed by atoms with van der Waals surface area (Å²) < 4.78 is 28.7. The molecule has 1 aromatic rings. The second-order valence-corrected chi connectivity index (χ2v) is 6.69. The van der Waals surface area contributed by atoms with Crippen molar-refractivity contribution >= 4 is 21.6 Å². The van der Waals surface area contributed by atoms with Gasteiger partial charge in [-0.2, -0.15) is 0 Å². The van der Waals surface area contributed by atoms with Gasteiger partial charge in [0, 0.05) is 13.1 Å². The van der Waals surface area contributed by atoms with E-state index in [-0.39, 0.29) is 16.2 Å². The molecule has 0 aromatic carbocycles. The second-order valence-electron chi connectivity index (χ2n) is 4.70. The van der Waals surface area contributed by atoms with Gasteiger partial charge in [-0.05, 0) is 12.8 Å². The number of halogens is 1. The largest absolute Gasteiger partial charge is 0.324 e. The summed E-state index contributed by atoms with van der Waals surface area (Å²) in [5.41, 5.74) is 0. The summed E-state index contributed by atoms with van der Waals surface area (Å²) in [6, 6.07) is -0.0481. The van der Waals surface area contributed by atoms with Crippen LogP contribution in [0.1, 0.15) is 46.0 Å². The molecule has 0 saturated carbocycles. The smallest absolute Gasteiger partial charge is 0.261 e. The molecule has 1 heterocycles. The zero-order chi connectivity index (χ0) is 14.5. The minimum Gasteiger partial charge on any atom is -0.324 e. The Balaban J connectivity index is 2.84. The van der Waals surface area contributed by atoms with Crippen LogP contribution >= 0.6 is 11.6 Å². The maximum atomic E-state index is 12.2. The topological polar surface area (TPSA) is 64.0 Å². The maximum Gasteiger partial charge on any atom is 0.261 e. The molecule has 0 bridgehead atoms. The van der Waals surface area contributed by atoms with E-state index in [1.54, 1.807) is 7.05 Å².